The average Bonchev–Trinajstić information content (AvgIpc) is 2.26. The van der Waals surface area contributed by atoms with Gasteiger partial charge in [-0.2, -0.15) is 0 Å². The van der Waals surface area contributed by atoms with Crippen LogP contribution in [-0.2, 0) is 4.79 Å². The highest BCUT2D eigenvalue weighted by Crippen LogP contribution is 2.26. The minimum Gasteiger partial charge on any atom is -0.493 e. The number of benzene rings is 1. The third-order valence-corrected chi connectivity index (χ3v) is 2.16. The largest absolute Gasteiger partial charge is 0.493 e. The van der Waals surface area contributed by atoms with Crippen molar-refractivity contribution in [3.63, 3.8) is 0 Å². The fourth-order valence-corrected chi connectivity index (χ4v) is 1.04. The van der Waals surface area contributed by atoms with Crippen LogP contribution in [0.4, 0.5) is 0 Å². The van der Waals surface area contributed by atoms with Crippen molar-refractivity contribution in [2.75, 3.05) is 13.7 Å². The Morgan fingerprint density at radius 3 is 2.44 bits per heavy atom. The van der Waals surface area contributed by atoms with Crippen LogP contribution in [0.2, 0.25) is 0 Å². The molecule has 0 aliphatic carbocycles. The Labute approximate surface area is 94.3 Å². The highest BCUT2D eigenvalue weighted by Gasteiger charge is 2.27. The topological polar surface area (TPSA) is 87.6 Å². The van der Waals surface area contributed by atoms with Gasteiger partial charge in [-0.05, 0) is 19.1 Å². The van der Waals surface area contributed by atoms with E-state index >= 15 is 0 Å². The van der Waals surface area contributed by atoms with Crippen molar-refractivity contribution in [1.29, 1.82) is 0 Å². The first-order valence-electron chi connectivity index (χ1n) is 4.82. The van der Waals surface area contributed by atoms with Crippen LogP contribution in [0.25, 0.3) is 0 Å². The van der Waals surface area contributed by atoms with E-state index in [0.717, 1.165) is 0 Å². The number of ether oxygens (including phenoxy) is 2. The van der Waals surface area contributed by atoms with Crippen molar-refractivity contribution in [3.05, 3.63) is 24.3 Å². The minimum absolute atomic E-state index is 0.00269. The Kier molecular flexibility index (Phi) is 3.73. The summed E-state index contributed by atoms with van der Waals surface area (Å²) in [4.78, 5) is 11.0. The molecule has 1 atom stereocenters. The lowest BCUT2D eigenvalue weighted by atomic mass is 10.1. The van der Waals surface area contributed by atoms with Crippen molar-refractivity contribution in [2.45, 2.75) is 12.5 Å². The van der Waals surface area contributed by atoms with Gasteiger partial charge in [-0.3, -0.25) is 4.79 Å². The average molecular weight is 224 g/mol. The smallest absolute Gasteiger partial charge is 0.240 e. The van der Waals surface area contributed by atoms with Crippen LogP contribution in [0.1, 0.15) is 6.92 Å². The number of nitrogens with two attached hydrogens (primary N) is 2. The molecule has 1 unspecified atom stereocenters. The van der Waals surface area contributed by atoms with Crippen LogP contribution in [0.5, 0.6) is 11.5 Å². The summed E-state index contributed by atoms with van der Waals surface area (Å²) < 4.78 is 10.5. The van der Waals surface area contributed by atoms with Crippen LogP contribution >= 0.6 is 0 Å². The van der Waals surface area contributed by atoms with E-state index in [2.05, 4.69) is 0 Å². The number of amides is 1. The molecule has 0 spiro atoms. The fourth-order valence-electron chi connectivity index (χ4n) is 1.04. The zero-order chi connectivity index (χ0) is 12.2. The molecule has 0 radical (unpaired) electrons. The predicted molar refractivity (Wildman–Crippen MR) is 60.3 cm³/mol. The molecule has 0 heterocycles. The van der Waals surface area contributed by atoms with Crippen molar-refractivity contribution < 1.29 is 14.3 Å². The van der Waals surface area contributed by atoms with E-state index in [0.29, 0.717) is 11.5 Å². The molecule has 88 valence electrons. The summed E-state index contributed by atoms with van der Waals surface area (Å²) >= 11 is 0. The molecular formula is C11H16N2O3. The van der Waals surface area contributed by atoms with Gasteiger partial charge in [-0.25, -0.2) is 0 Å². The van der Waals surface area contributed by atoms with Gasteiger partial charge in [0.2, 0.25) is 5.91 Å². The van der Waals surface area contributed by atoms with E-state index < -0.39 is 11.4 Å². The number of hydrogen-bond donors (Lipinski definition) is 2. The molecule has 0 saturated heterocycles. The van der Waals surface area contributed by atoms with Gasteiger partial charge in [0.1, 0.15) is 12.1 Å². The maximum absolute atomic E-state index is 11.0. The minimum atomic E-state index is -1.19. The first kappa shape index (κ1) is 12.3. The molecule has 1 aromatic carbocycles. The highest BCUT2D eigenvalue weighted by molar-refractivity contribution is 5.84. The lowest BCUT2D eigenvalue weighted by Crippen LogP contribution is -2.53. The molecule has 0 bridgehead atoms. The maximum Gasteiger partial charge on any atom is 0.240 e. The first-order chi connectivity index (χ1) is 7.47. The summed E-state index contributed by atoms with van der Waals surface area (Å²) in [5.41, 5.74) is 9.59. The second-order valence-corrected chi connectivity index (χ2v) is 3.72. The van der Waals surface area contributed by atoms with Crippen molar-refractivity contribution in [3.8, 4) is 11.5 Å². The van der Waals surface area contributed by atoms with Crippen LogP contribution in [0, 0.1) is 0 Å². The third kappa shape index (κ3) is 2.87. The first-order valence-corrected chi connectivity index (χ1v) is 4.82. The van der Waals surface area contributed by atoms with Crippen molar-refractivity contribution in [2.24, 2.45) is 11.5 Å². The van der Waals surface area contributed by atoms with Gasteiger partial charge < -0.3 is 20.9 Å². The SMILES string of the molecule is COc1ccccc1OCC(C)(N)C(N)=O. The molecule has 0 saturated carbocycles. The summed E-state index contributed by atoms with van der Waals surface area (Å²) in [6.45, 7) is 1.52. The number of primary amides is 1. The van der Waals surface area contributed by atoms with Gasteiger partial charge in [0.25, 0.3) is 0 Å². The van der Waals surface area contributed by atoms with Gasteiger partial charge in [0.15, 0.2) is 11.5 Å². The van der Waals surface area contributed by atoms with E-state index in [1.165, 1.54) is 14.0 Å². The number of carbonyl (C=O) groups excluding carboxylic acids is 1. The second-order valence-electron chi connectivity index (χ2n) is 3.72. The Hall–Kier alpha value is -1.75. The summed E-state index contributed by atoms with van der Waals surface area (Å²) in [6.07, 6.45) is 0. The predicted octanol–water partition coefficient (Wildman–Crippen LogP) is 0.277. The lowest BCUT2D eigenvalue weighted by molar-refractivity contribution is -0.123. The number of methoxy groups -OCH3 is 1. The molecule has 1 aromatic rings. The van der Waals surface area contributed by atoms with Gasteiger partial charge in [0, 0.05) is 0 Å². The third-order valence-electron chi connectivity index (χ3n) is 2.16. The zero-order valence-corrected chi connectivity index (χ0v) is 9.40. The zero-order valence-electron chi connectivity index (χ0n) is 9.40. The monoisotopic (exact) mass is 224 g/mol. The molecule has 16 heavy (non-hydrogen) atoms. The van der Waals surface area contributed by atoms with Crippen molar-refractivity contribution >= 4 is 5.91 Å². The Balaban J connectivity index is 2.71. The lowest BCUT2D eigenvalue weighted by Gasteiger charge is -2.21. The Bertz CT molecular complexity index is 377. The normalized spacial score (nSPS) is 13.9. The fraction of sp³-hybridized carbons (Fsp3) is 0.364. The Morgan fingerprint density at radius 1 is 1.38 bits per heavy atom. The van der Waals surface area contributed by atoms with E-state index in [-0.39, 0.29) is 6.61 Å². The van der Waals surface area contributed by atoms with Gasteiger partial charge in [-0.1, -0.05) is 12.1 Å². The maximum atomic E-state index is 11.0. The molecular weight excluding hydrogens is 208 g/mol. The standard InChI is InChI=1S/C11H16N2O3/c1-11(13,10(12)14)7-16-9-6-4-3-5-8(9)15-2/h3-6H,7,13H2,1-2H3,(H2,12,14). The molecule has 0 aromatic heterocycles. The van der Waals surface area contributed by atoms with E-state index in [9.17, 15) is 4.79 Å². The Morgan fingerprint density at radius 2 is 1.94 bits per heavy atom. The number of carbonyl (C=O) groups is 1. The van der Waals surface area contributed by atoms with E-state index in [1.807, 2.05) is 6.07 Å². The summed E-state index contributed by atoms with van der Waals surface area (Å²) in [5, 5.41) is 0. The number of hydrogen-bond acceptors (Lipinski definition) is 4. The number of rotatable bonds is 5. The van der Waals surface area contributed by atoms with Crippen LogP contribution in [0.3, 0.4) is 0 Å². The molecule has 0 aliphatic heterocycles. The van der Waals surface area contributed by atoms with Gasteiger partial charge in [-0.15, -0.1) is 0 Å². The molecule has 1 rings (SSSR count). The van der Waals surface area contributed by atoms with Crippen molar-refractivity contribution in [1.82, 2.24) is 0 Å². The molecule has 5 nitrogen and oxygen atoms in total. The van der Waals surface area contributed by atoms with Crippen LogP contribution in [-0.4, -0.2) is 25.2 Å². The highest BCUT2D eigenvalue weighted by atomic mass is 16.5. The molecule has 5 heteroatoms. The molecule has 4 N–H and O–H groups in total. The van der Waals surface area contributed by atoms with E-state index in [1.54, 1.807) is 18.2 Å². The van der Waals surface area contributed by atoms with Crippen LogP contribution in [0.15, 0.2) is 24.3 Å². The molecule has 0 aliphatic rings. The quantitative estimate of drug-likeness (QED) is 0.751. The molecule has 0 fully saturated rings. The summed E-state index contributed by atoms with van der Waals surface area (Å²) in [5.74, 6) is 0.507. The summed E-state index contributed by atoms with van der Waals surface area (Å²) in [6, 6.07) is 7.11. The van der Waals surface area contributed by atoms with Gasteiger partial charge >= 0.3 is 0 Å². The summed E-state index contributed by atoms with van der Waals surface area (Å²) in [7, 11) is 1.54. The van der Waals surface area contributed by atoms with Gasteiger partial charge in [0.05, 0.1) is 7.11 Å². The molecule has 1 amide bonds. The van der Waals surface area contributed by atoms with Crippen LogP contribution < -0.4 is 20.9 Å². The van der Waals surface area contributed by atoms with E-state index in [4.69, 9.17) is 20.9 Å². The second kappa shape index (κ2) is 4.85. The number of para-hydroxylation sites is 2.